The summed E-state index contributed by atoms with van der Waals surface area (Å²) in [5, 5.41) is 8.11. The van der Waals surface area contributed by atoms with Gasteiger partial charge in [0.1, 0.15) is 11.6 Å². The minimum atomic E-state index is -0.331. The van der Waals surface area contributed by atoms with Crippen molar-refractivity contribution in [2.45, 2.75) is 25.9 Å². The number of aryl methyl sites for hydroxylation is 1. The third-order valence-electron chi connectivity index (χ3n) is 7.29. The van der Waals surface area contributed by atoms with Crippen LogP contribution in [-0.2, 0) is 13.0 Å². The fourth-order valence-corrected chi connectivity index (χ4v) is 5.37. The number of fused-ring (bicyclic) bond motifs is 3. The first kappa shape index (κ1) is 24.6. The number of carbonyl (C=O) groups excluding carboxylic acids is 1. The summed E-state index contributed by atoms with van der Waals surface area (Å²) in [5.74, 6) is 1.70. The summed E-state index contributed by atoms with van der Waals surface area (Å²) < 4.78 is 9.71. The van der Waals surface area contributed by atoms with Crippen molar-refractivity contribution in [2.75, 3.05) is 13.7 Å². The molecule has 0 fully saturated rings. The lowest BCUT2D eigenvalue weighted by Gasteiger charge is -2.31. The van der Waals surface area contributed by atoms with Crippen LogP contribution >= 0.6 is 0 Å². The van der Waals surface area contributed by atoms with Crippen molar-refractivity contribution >= 4 is 6.03 Å². The Balaban J connectivity index is 1.44. The van der Waals surface area contributed by atoms with Crippen LogP contribution in [0.15, 0.2) is 103 Å². The number of para-hydroxylation sites is 1. The topological polar surface area (TPSA) is 64.3 Å². The first-order valence-corrected chi connectivity index (χ1v) is 13.2. The molecule has 0 saturated carbocycles. The number of ether oxygens (including phenoxy) is 1. The Morgan fingerprint density at radius 2 is 1.74 bits per heavy atom. The predicted molar refractivity (Wildman–Crippen MR) is 152 cm³/mol. The molecular weight excluding hydrogens is 486 g/mol. The van der Waals surface area contributed by atoms with Crippen molar-refractivity contribution < 1.29 is 9.53 Å². The molecule has 6 rings (SSSR count). The third kappa shape index (κ3) is 4.68. The van der Waals surface area contributed by atoms with E-state index < -0.39 is 0 Å². The largest absolute Gasteiger partial charge is 0.497 e. The van der Waals surface area contributed by atoms with Gasteiger partial charge < -0.3 is 19.5 Å². The van der Waals surface area contributed by atoms with E-state index in [1.165, 1.54) is 5.56 Å². The fourth-order valence-electron chi connectivity index (χ4n) is 5.37. The summed E-state index contributed by atoms with van der Waals surface area (Å²) in [7, 11) is 1.66. The fraction of sp³-hybridized carbons (Fsp3) is 0.188. The molecule has 1 aliphatic rings. The van der Waals surface area contributed by atoms with Crippen LogP contribution < -0.4 is 10.1 Å². The minimum absolute atomic E-state index is 0.119. The molecule has 2 aromatic heterocycles. The van der Waals surface area contributed by atoms with E-state index in [0.29, 0.717) is 13.1 Å². The average molecular weight is 518 g/mol. The quantitative estimate of drug-likeness (QED) is 0.308. The molecule has 0 spiro atoms. The van der Waals surface area contributed by atoms with Gasteiger partial charge in [0, 0.05) is 18.3 Å². The molecule has 7 nitrogen and oxygen atoms in total. The Morgan fingerprint density at radius 3 is 2.51 bits per heavy atom. The Kier molecular flexibility index (Phi) is 6.63. The predicted octanol–water partition coefficient (Wildman–Crippen LogP) is 5.84. The molecular formula is C32H31N5O2. The highest BCUT2D eigenvalue weighted by Crippen LogP contribution is 2.39. The molecule has 196 valence electrons. The molecule has 3 heterocycles. The second kappa shape index (κ2) is 10.5. The minimum Gasteiger partial charge on any atom is -0.497 e. The first-order valence-electron chi connectivity index (χ1n) is 13.2. The number of methoxy groups -OCH3 is 1. The Bertz CT molecular complexity index is 1590. The Labute approximate surface area is 228 Å². The number of benzene rings is 3. The van der Waals surface area contributed by atoms with Gasteiger partial charge in [0.05, 0.1) is 36.8 Å². The molecule has 0 saturated heterocycles. The van der Waals surface area contributed by atoms with Crippen molar-refractivity contribution in [3.63, 3.8) is 0 Å². The van der Waals surface area contributed by atoms with Crippen molar-refractivity contribution in [1.82, 2.24) is 24.6 Å². The maximum atomic E-state index is 14.0. The van der Waals surface area contributed by atoms with Gasteiger partial charge in [-0.3, -0.25) is 0 Å². The molecule has 39 heavy (non-hydrogen) atoms. The van der Waals surface area contributed by atoms with Gasteiger partial charge in [0.15, 0.2) is 0 Å². The first-order chi connectivity index (χ1) is 19.1. The SMILES string of the molecule is COc1cccc([C@@H]2c3cccn3-c3c(c(C)nn3-c3ccccc3)CN2C(=O)NCCc2ccccc2)c1. The molecule has 2 amide bonds. The van der Waals surface area contributed by atoms with Crippen LogP contribution in [-0.4, -0.2) is 38.9 Å². The number of urea groups is 1. The Hall–Kier alpha value is -4.78. The summed E-state index contributed by atoms with van der Waals surface area (Å²) in [4.78, 5) is 15.9. The number of nitrogens with one attached hydrogen (secondary N) is 1. The van der Waals surface area contributed by atoms with Gasteiger partial charge in [-0.2, -0.15) is 5.10 Å². The van der Waals surface area contributed by atoms with Crippen LogP contribution in [0.1, 0.15) is 34.1 Å². The molecule has 0 unspecified atom stereocenters. The van der Waals surface area contributed by atoms with E-state index >= 15 is 0 Å². The molecule has 0 bridgehead atoms. The van der Waals surface area contributed by atoms with Crippen LogP contribution in [0.5, 0.6) is 5.75 Å². The van der Waals surface area contributed by atoms with E-state index in [9.17, 15) is 4.79 Å². The smallest absolute Gasteiger partial charge is 0.318 e. The average Bonchev–Trinajstić information content (AvgIpc) is 3.54. The maximum absolute atomic E-state index is 14.0. The lowest BCUT2D eigenvalue weighted by molar-refractivity contribution is 0.180. The summed E-state index contributed by atoms with van der Waals surface area (Å²) in [6, 6.07) is 32.0. The number of rotatable bonds is 6. The van der Waals surface area contributed by atoms with Crippen molar-refractivity contribution in [2.24, 2.45) is 0 Å². The molecule has 0 radical (unpaired) electrons. The van der Waals surface area contributed by atoms with Gasteiger partial charge in [0.2, 0.25) is 0 Å². The molecule has 1 atom stereocenters. The Morgan fingerprint density at radius 1 is 0.974 bits per heavy atom. The van der Waals surface area contributed by atoms with Crippen LogP contribution in [0.4, 0.5) is 4.79 Å². The second-order valence-electron chi connectivity index (χ2n) is 9.71. The van der Waals surface area contributed by atoms with Crippen LogP contribution in [0.3, 0.4) is 0 Å². The molecule has 5 aromatic rings. The van der Waals surface area contributed by atoms with Crippen molar-refractivity contribution in [3.05, 3.63) is 131 Å². The summed E-state index contributed by atoms with van der Waals surface area (Å²) >= 11 is 0. The number of hydrogen-bond donors (Lipinski definition) is 1. The van der Waals surface area contributed by atoms with Gasteiger partial charge >= 0.3 is 6.03 Å². The zero-order valence-electron chi connectivity index (χ0n) is 22.1. The molecule has 3 aromatic carbocycles. The normalized spacial score (nSPS) is 14.3. The van der Waals surface area contributed by atoms with Crippen LogP contribution in [0, 0.1) is 6.92 Å². The highest BCUT2D eigenvalue weighted by Gasteiger charge is 2.36. The zero-order valence-corrected chi connectivity index (χ0v) is 22.1. The molecule has 1 N–H and O–H groups in total. The summed E-state index contributed by atoms with van der Waals surface area (Å²) in [5.41, 5.74) is 6.03. The van der Waals surface area contributed by atoms with Crippen LogP contribution in [0.25, 0.3) is 11.5 Å². The number of nitrogens with zero attached hydrogens (tertiary/aromatic N) is 4. The second-order valence-corrected chi connectivity index (χ2v) is 9.71. The number of amides is 2. The highest BCUT2D eigenvalue weighted by atomic mass is 16.5. The maximum Gasteiger partial charge on any atom is 0.318 e. The van der Waals surface area contributed by atoms with Crippen molar-refractivity contribution in [3.8, 4) is 17.3 Å². The van der Waals surface area contributed by atoms with Gasteiger partial charge in [-0.15, -0.1) is 0 Å². The lowest BCUT2D eigenvalue weighted by Crippen LogP contribution is -2.42. The van der Waals surface area contributed by atoms with E-state index in [2.05, 4.69) is 40.3 Å². The monoisotopic (exact) mass is 517 g/mol. The van der Waals surface area contributed by atoms with Gasteiger partial charge in [-0.25, -0.2) is 9.48 Å². The van der Waals surface area contributed by atoms with Gasteiger partial charge in [0.25, 0.3) is 0 Å². The highest BCUT2D eigenvalue weighted by molar-refractivity contribution is 5.76. The van der Waals surface area contributed by atoms with Crippen molar-refractivity contribution in [1.29, 1.82) is 0 Å². The number of hydrogen-bond acceptors (Lipinski definition) is 3. The summed E-state index contributed by atoms with van der Waals surface area (Å²) in [6.45, 7) is 2.97. The van der Waals surface area contributed by atoms with E-state index in [-0.39, 0.29) is 12.1 Å². The molecule has 7 heteroatoms. The molecule has 1 aliphatic heterocycles. The van der Waals surface area contributed by atoms with Gasteiger partial charge in [-0.1, -0.05) is 60.7 Å². The van der Waals surface area contributed by atoms with Gasteiger partial charge in [-0.05, 0) is 60.9 Å². The summed E-state index contributed by atoms with van der Waals surface area (Å²) in [6.07, 6.45) is 2.82. The van der Waals surface area contributed by atoms with Crippen LogP contribution in [0.2, 0.25) is 0 Å². The molecule has 0 aliphatic carbocycles. The third-order valence-corrected chi connectivity index (χ3v) is 7.29. The number of carbonyl (C=O) groups is 1. The zero-order chi connectivity index (χ0) is 26.8. The number of aromatic nitrogens is 3. The lowest BCUT2D eigenvalue weighted by atomic mass is 10.0. The van der Waals surface area contributed by atoms with E-state index in [1.54, 1.807) is 7.11 Å². The van der Waals surface area contributed by atoms with E-state index in [4.69, 9.17) is 9.84 Å². The standard InChI is InChI=1S/C32H31N5O2/c1-23-28-22-36(32(38)33-19-18-24-11-5-3-6-12-24)30(25-13-9-16-27(21-25)39-2)29-17-10-20-35(29)31(28)37(34-23)26-14-7-4-8-15-26/h3-17,20-21,30H,18-19,22H2,1-2H3,(H,33,38)/t30-/m1/s1. The van der Waals surface area contributed by atoms with E-state index in [1.807, 2.05) is 89.3 Å². The van der Waals surface area contributed by atoms with E-state index in [0.717, 1.165) is 46.2 Å².